The number of anilines is 1. The first-order chi connectivity index (χ1) is 10.5. The zero-order valence-electron chi connectivity index (χ0n) is 13.1. The summed E-state index contributed by atoms with van der Waals surface area (Å²) in [5, 5.41) is 2.81. The number of ether oxygens (including phenoxy) is 1. The molecule has 0 bridgehead atoms. The van der Waals surface area contributed by atoms with E-state index in [9.17, 15) is 9.59 Å². The molecule has 2 rings (SSSR count). The van der Waals surface area contributed by atoms with Crippen molar-refractivity contribution in [3.63, 3.8) is 0 Å². The molecule has 0 unspecified atom stereocenters. The minimum atomic E-state index is -0.306. The van der Waals surface area contributed by atoms with E-state index in [4.69, 9.17) is 4.74 Å². The molecular formula is C17H20N2O3. The fourth-order valence-corrected chi connectivity index (χ4v) is 2.31. The van der Waals surface area contributed by atoms with E-state index in [-0.39, 0.29) is 23.8 Å². The second-order valence-corrected chi connectivity index (χ2v) is 5.16. The summed E-state index contributed by atoms with van der Waals surface area (Å²) < 4.78 is 6.58. The van der Waals surface area contributed by atoms with Gasteiger partial charge < -0.3 is 14.6 Å². The Bertz CT molecular complexity index is 715. The summed E-state index contributed by atoms with van der Waals surface area (Å²) in [7, 11) is 0. The maximum Gasteiger partial charge on any atom is 0.293 e. The van der Waals surface area contributed by atoms with Crippen LogP contribution in [-0.4, -0.2) is 17.1 Å². The number of carbonyl (C=O) groups excluding carboxylic acids is 1. The van der Waals surface area contributed by atoms with Gasteiger partial charge in [-0.25, -0.2) is 0 Å². The lowest BCUT2D eigenvalue weighted by Crippen LogP contribution is -2.28. The predicted octanol–water partition coefficient (Wildman–Crippen LogP) is 2.50. The van der Waals surface area contributed by atoms with Gasteiger partial charge in [0.25, 0.3) is 5.56 Å². The molecule has 2 aromatic rings. The molecule has 0 atom stereocenters. The molecule has 0 fully saturated rings. The second kappa shape index (κ2) is 6.93. The number of benzene rings is 1. The molecule has 0 saturated carbocycles. The standard InChI is InChI=1S/C17H20N2O3/c1-4-22-15-6-5-7-19(17(15)21)11-16(20)18-14-9-12(2)8-13(3)10-14/h5-10H,4,11H2,1-3H3,(H,18,20). The van der Waals surface area contributed by atoms with Crippen molar-refractivity contribution in [1.82, 2.24) is 4.57 Å². The zero-order valence-corrected chi connectivity index (χ0v) is 13.1. The van der Waals surface area contributed by atoms with Crippen LogP contribution in [0.15, 0.2) is 41.3 Å². The molecule has 0 saturated heterocycles. The van der Waals surface area contributed by atoms with Crippen molar-refractivity contribution in [2.45, 2.75) is 27.3 Å². The summed E-state index contributed by atoms with van der Waals surface area (Å²) in [6.07, 6.45) is 1.58. The van der Waals surface area contributed by atoms with E-state index in [1.807, 2.05) is 39.0 Å². The summed E-state index contributed by atoms with van der Waals surface area (Å²) in [6, 6.07) is 9.11. The molecule has 1 N–H and O–H groups in total. The van der Waals surface area contributed by atoms with Crippen molar-refractivity contribution in [2.75, 3.05) is 11.9 Å². The van der Waals surface area contributed by atoms with Crippen LogP contribution in [0.4, 0.5) is 5.69 Å². The fraction of sp³-hybridized carbons (Fsp3) is 0.294. The summed E-state index contributed by atoms with van der Waals surface area (Å²) >= 11 is 0. The van der Waals surface area contributed by atoms with Gasteiger partial charge in [-0.05, 0) is 56.2 Å². The molecule has 0 aliphatic rings. The summed E-state index contributed by atoms with van der Waals surface area (Å²) in [6.45, 7) is 6.11. The molecule has 1 heterocycles. The molecular weight excluding hydrogens is 280 g/mol. The van der Waals surface area contributed by atoms with Gasteiger partial charge in [0.15, 0.2) is 5.75 Å². The van der Waals surface area contributed by atoms with Gasteiger partial charge in [0.1, 0.15) is 6.54 Å². The highest BCUT2D eigenvalue weighted by Crippen LogP contribution is 2.13. The highest BCUT2D eigenvalue weighted by Gasteiger charge is 2.08. The Labute approximate surface area is 129 Å². The number of aryl methyl sites for hydroxylation is 2. The minimum Gasteiger partial charge on any atom is -0.488 e. The van der Waals surface area contributed by atoms with E-state index in [1.165, 1.54) is 4.57 Å². The van der Waals surface area contributed by atoms with Crippen LogP contribution >= 0.6 is 0 Å². The van der Waals surface area contributed by atoms with Crippen molar-refractivity contribution in [2.24, 2.45) is 0 Å². The average molecular weight is 300 g/mol. The molecule has 1 amide bonds. The summed E-state index contributed by atoms with van der Waals surface area (Å²) in [4.78, 5) is 24.2. The first kappa shape index (κ1) is 15.8. The Hall–Kier alpha value is -2.56. The molecule has 0 aliphatic heterocycles. The fourth-order valence-electron chi connectivity index (χ4n) is 2.31. The van der Waals surface area contributed by atoms with Crippen molar-refractivity contribution in [1.29, 1.82) is 0 Å². The molecule has 116 valence electrons. The van der Waals surface area contributed by atoms with E-state index >= 15 is 0 Å². The number of rotatable bonds is 5. The van der Waals surface area contributed by atoms with Crippen molar-refractivity contribution >= 4 is 11.6 Å². The number of nitrogens with zero attached hydrogens (tertiary/aromatic N) is 1. The van der Waals surface area contributed by atoms with Crippen LogP contribution in [0.25, 0.3) is 0 Å². The third-order valence-corrected chi connectivity index (χ3v) is 3.10. The maximum absolute atomic E-state index is 12.1. The van der Waals surface area contributed by atoms with E-state index in [0.29, 0.717) is 6.61 Å². The van der Waals surface area contributed by atoms with E-state index in [0.717, 1.165) is 16.8 Å². The lowest BCUT2D eigenvalue weighted by molar-refractivity contribution is -0.116. The lowest BCUT2D eigenvalue weighted by Gasteiger charge is -2.10. The van der Waals surface area contributed by atoms with Crippen LogP contribution in [0, 0.1) is 13.8 Å². The number of pyridine rings is 1. The highest BCUT2D eigenvalue weighted by atomic mass is 16.5. The van der Waals surface area contributed by atoms with Crippen LogP contribution < -0.4 is 15.6 Å². The normalized spacial score (nSPS) is 10.3. The van der Waals surface area contributed by atoms with Crippen molar-refractivity contribution in [3.8, 4) is 5.75 Å². The first-order valence-corrected chi connectivity index (χ1v) is 7.20. The molecule has 1 aromatic heterocycles. The van der Waals surface area contributed by atoms with E-state index < -0.39 is 0 Å². The van der Waals surface area contributed by atoms with Gasteiger partial charge >= 0.3 is 0 Å². The van der Waals surface area contributed by atoms with Gasteiger partial charge in [0.05, 0.1) is 6.61 Å². The molecule has 0 spiro atoms. The second-order valence-electron chi connectivity index (χ2n) is 5.16. The topological polar surface area (TPSA) is 60.3 Å². The average Bonchev–Trinajstić information content (AvgIpc) is 2.42. The number of carbonyl (C=O) groups is 1. The van der Waals surface area contributed by atoms with Crippen LogP contribution in [0.2, 0.25) is 0 Å². The molecule has 0 radical (unpaired) electrons. The molecule has 5 heteroatoms. The molecule has 0 aliphatic carbocycles. The van der Waals surface area contributed by atoms with E-state index in [2.05, 4.69) is 5.32 Å². The van der Waals surface area contributed by atoms with Gasteiger partial charge in [-0.15, -0.1) is 0 Å². The lowest BCUT2D eigenvalue weighted by atomic mass is 10.1. The minimum absolute atomic E-state index is 0.0489. The number of amides is 1. The third-order valence-electron chi connectivity index (χ3n) is 3.10. The van der Waals surface area contributed by atoms with Crippen LogP contribution in [0.3, 0.4) is 0 Å². The van der Waals surface area contributed by atoms with Crippen molar-refractivity contribution in [3.05, 3.63) is 58.0 Å². The number of hydrogen-bond donors (Lipinski definition) is 1. The Kier molecular flexibility index (Phi) is 4.99. The quantitative estimate of drug-likeness (QED) is 0.923. The monoisotopic (exact) mass is 300 g/mol. The van der Waals surface area contributed by atoms with Gasteiger partial charge in [0, 0.05) is 11.9 Å². The number of aromatic nitrogens is 1. The Balaban J connectivity index is 2.12. The van der Waals surface area contributed by atoms with Gasteiger partial charge in [-0.1, -0.05) is 6.07 Å². The van der Waals surface area contributed by atoms with Gasteiger partial charge in [-0.2, -0.15) is 0 Å². The maximum atomic E-state index is 12.1. The van der Waals surface area contributed by atoms with E-state index in [1.54, 1.807) is 18.3 Å². The molecule has 22 heavy (non-hydrogen) atoms. The Morgan fingerprint density at radius 2 is 1.91 bits per heavy atom. The molecule has 1 aromatic carbocycles. The van der Waals surface area contributed by atoms with Crippen molar-refractivity contribution < 1.29 is 9.53 Å². The largest absolute Gasteiger partial charge is 0.488 e. The van der Waals surface area contributed by atoms with Crippen LogP contribution in [0.5, 0.6) is 5.75 Å². The van der Waals surface area contributed by atoms with Gasteiger partial charge in [0.2, 0.25) is 5.91 Å². The summed E-state index contributed by atoms with van der Waals surface area (Å²) in [5.74, 6) is 0.00458. The van der Waals surface area contributed by atoms with Crippen LogP contribution in [-0.2, 0) is 11.3 Å². The van der Waals surface area contributed by atoms with Crippen LogP contribution in [0.1, 0.15) is 18.1 Å². The first-order valence-electron chi connectivity index (χ1n) is 7.20. The Morgan fingerprint density at radius 3 is 2.55 bits per heavy atom. The molecule has 5 nitrogen and oxygen atoms in total. The highest BCUT2D eigenvalue weighted by molar-refractivity contribution is 5.90. The Morgan fingerprint density at radius 1 is 1.23 bits per heavy atom. The van der Waals surface area contributed by atoms with Gasteiger partial charge in [-0.3, -0.25) is 9.59 Å². The third kappa shape index (κ3) is 3.97. The zero-order chi connectivity index (χ0) is 16.1. The summed E-state index contributed by atoms with van der Waals surface area (Å²) in [5.41, 5.74) is 2.58. The number of hydrogen-bond acceptors (Lipinski definition) is 3. The number of nitrogens with one attached hydrogen (secondary N) is 1. The SMILES string of the molecule is CCOc1cccn(CC(=O)Nc2cc(C)cc(C)c2)c1=O. The predicted molar refractivity (Wildman–Crippen MR) is 86.4 cm³/mol. The smallest absolute Gasteiger partial charge is 0.293 e.